The van der Waals surface area contributed by atoms with Crippen LogP contribution in [0.15, 0.2) is 181 Å². The van der Waals surface area contributed by atoms with E-state index in [9.17, 15) is 0 Å². The Morgan fingerprint density at radius 2 is 1.17 bits per heavy atom. The first kappa shape index (κ1) is 30.2. The third-order valence-electron chi connectivity index (χ3n) is 10.6. The van der Waals surface area contributed by atoms with Crippen molar-refractivity contribution in [1.82, 2.24) is 4.98 Å². The molecule has 0 saturated carbocycles. The first-order valence-electron chi connectivity index (χ1n) is 17.7. The number of nitrogens with zero attached hydrogens (tertiary/aromatic N) is 2. The lowest BCUT2D eigenvalue weighted by Crippen LogP contribution is -2.12. The normalized spacial score (nSPS) is 12.6. The van der Waals surface area contributed by atoms with Crippen molar-refractivity contribution in [3.8, 4) is 22.3 Å². The number of hydrogen-bond acceptors (Lipinski definition) is 3. The van der Waals surface area contributed by atoms with Crippen LogP contribution in [0.5, 0.6) is 0 Å². The number of pyridine rings is 1. The van der Waals surface area contributed by atoms with Crippen LogP contribution in [-0.4, -0.2) is 11.2 Å². The van der Waals surface area contributed by atoms with Crippen LogP contribution in [0.2, 0.25) is 0 Å². The molecule has 0 amide bonds. The Morgan fingerprint density at radius 3 is 1.98 bits per heavy atom. The number of nitrogens with two attached hydrogens (primary N) is 1. The van der Waals surface area contributed by atoms with Gasteiger partial charge >= 0.3 is 0 Å². The molecule has 244 valence electrons. The molecule has 0 spiro atoms. The van der Waals surface area contributed by atoms with E-state index in [1.54, 1.807) is 0 Å². The van der Waals surface area contributed by atoms with Crippen LogP contribution in [0.1, 0.15) is 22.7 Å². The molecule has 0 aliphatic rings. The number of aliphatic imine (C=N–C) groups is 1. The van der Waals surface area contributed by atoms with Crippen LogP contribution in [0.25, 0.3) is 76.1 Å². The molecule has 10 rings (SSSR count). The molecule has 0 aliphatic carbocycles. The highest BCUT2D eigenvalue weighted by molar-refractivity contribution is 6.34. The van der Waals surface area contributed by atoms with E-state index in [2.05, 4.69) is 145 Å². The van der Waals surface area contributed by atoms with Gasteiger partial charge in [-0.2, -0.15) is 0 Å². The van der Waals surface area contributed by atoms with Gasteiger partial charge in [0.1, 0.15) is 0 Å². The van der Waals surface area contributed by atoms with Gasteiger partial charge in [-0.05, 0) is 112 Å². The number of aromatic nitrogens is 1. The zero-order chi connectivity index (χ0) is 34.6. The molecule has 1 unspecified atom stereocenters. The lowest BCUT2D eigenvalue weighted by Gasteiger charge is -2.18. The Labute approximate surface area is 301 Å². The minimum absolute atomic E-state index is 0.328. The Hall–Kier alpha value is -6.68. The average Bonchev–Trinajstić information content (AvgIpc) is 3.21. The van der Waals surface area contributed by atoms with Crippen molar-refractivity contribution in [1.29, 1.82) is 0 Å². The van der Waals surface area contributed by atoms with Gasteiger partial charge in [0.25, 0.3) is 0 Å². The number of rotatable bonds is 6. The molecule has 2 N–H and O–H groups in total. The van der Waals surface area contributed by atoms with E-state index in [0.29, 0.717) is 0 Å². The van der Waals surface area contributed by atoms with Crippen LogP contribution < -0.4 is 5.73 Å². The summed E-state index contributed by atoms with van der Waals surface area (Å²) in [7, 11) is 0. The molecule has 0 aliphatic heterocycles. The Bertz CT molecular complexity index is 2920. The third-order valence-corrected chi connectivity index (χ3v) is 10.6. The van der Waals surface area contributed by atoms with Gasteiger partial charge in [0.2, 0.25) is 0 Å². The summed E-state index contributed by atoms with van der Waals surface area (Å²) < 4.78 is 0. The lowest BCUT2D eigenvalue weighted by atomic mass is 9.86. The standard InChI is InChI=1S/C49H33N3/c50-49(34-11-2-1-3-12-34)48-39-16-5-4-10-32(39)21-24-45(48)52-29-31-26-36(35-15-9-25-51-30-35)28-37(27-31)38-22-23-44-42-18-7-14-33-13-6-17-41(46(33)42)43-20-8-19-40(38)47(43)44/h1-30,49H,50H2/b52-29+. The highest BCUT2D eigenvalue weighted by atomic mass is 14.7. The van der Waals surface area contributed by atoms with Gasteiger partial charge in [0, 0.05) is 29.7 Å². The molecule has 9 aromatic carbocycles. The second-order valence-corrected chi connectivity index (χ2v) is 13.5. The van der Waals surface area contributed by atoms with Crippen molar-refractivity contribution < 1.29 is 0 Å². The predicted molar refractivity (Wildman–Crippen MR) is 220 cm³/mol. The summed E-state index contributed by atoms with van der Waals surface area (Å²) in [5, 5.41) is 12.5. The van der Waals surface area contributed by atoms with Gasteiger partial charge in [-0.1, -0.05) is 133 Å². The highest BCUT2D eigenvalue weighted by Crippen LogP contribution is 2.43. The maximum Gasteiger partial charge on any atom is 0.0687 e. The fourth-order valence-electron chi connectivity index (χ4n) is 8.17. The maximum absolute atomic E-state index is 7.02. The largest absolute Gasteiger partial charge is 0.320 e. The van der Waals surface area contributed by atoms with Crippen LogP contribution in [0, 0.1) is 0 Å². The first-order valence-corrected chi connectivity index (χ1v) is 17.7. The maximum atomic E-state index is 7.02. The molecule has 10 aromatic rings. The SMILES string of the molecule is NC(c1ccccc1)c1c(/N=C/c2cc(-c3cccnc3)cc(-c3ccc4c5cccc6cccc(c7cccc3c74)c65)c2)ccc2ccccc12. The van der Waals surface area contributed by atoms with E-state index in [0.717, 1.165) is 49.8 Å². The molecular weight excluding hydrogens is 631 g/mol. The van der Waals surface area contributed by atoms with Crippen LogP contribution >= 0.6 is 0 Å². The average molecular weight is 664 g/mol. The van der Waals surface area contributed by atoms with Crippen LogP contribution in [0.4, 0.5) is 5.69 Å². The van der Waals surface area contributed by atoms with Gasteiger partial charge in [-0.25, -0.2) is 0 Å². The second kappa shape index (κ2) is 12.3. The van der Waals surface area contributed by atoms with Crippen molar-refractivity contribution in [2.24, 2.45) is 10.7 Å². The van der Waals surface area contributed by atoms with Crippen molar-refractivity contribution in [3.05, 3.63) is 193 Å². The second-order valence-electron chi connectivity index (χ2n) is 13.5. The van der Waals surface area contributed by atoms with Crippen molar-refractivity contribution in [2.75, 3.05) is 0 Å². The van der Waals surface area contributed by atoms with Crippen LogP contribution in [-0.2, 0) is 0 Å². The van der Waals surface area contributed by atoms with Gasteiger partial charge in [-0.3, -0.25) is 9.98 Å². The predicted octanol–water partition coefficient (Wildman–Crippen LogP) is 12.4. The molecule has 1 aromatic heterocycles. The molecule has 0 radical (unpaired) electrons. The summed E-state index contributed by atoms with van der Waals surface area (Å²) in [6.07, 6.45) is 5.73. The van der Waals surface area contributed by atoms with E-state index in [4.69, 9.17) is 10.7 Å². The number of benzene rings is 9. The Balaban J connectivity index is 1.17. The molecular formula is C49H33N3. The van der Waals surface area contributed by atoms with Crippen molar-refractivity contribution >= 4 is 65.8 Å². The zero-order valence-corrected chi connectivity index (χ0v) is 28.4. The summed E-state index contributed by atoms with van der Waals surface area (Å²) in [4.78, 5) is 9.64. The summed E-state index contributed by atoms with van der Waals surface area (Å²) in [6.45, 7) is 0. The van der Waals surface area contributed by atoms with Crippen molar-refractivity contribution in [3.63, 3.8) is 0 Å². The molecule has 0 fully saturated rings. The molecule has 3 heteroatoms. The Morgan fingerprint density at radius 1 is 0.500 bits per heavy atom. The fourth-order valence-corrected chi connectivity index (χ4v) is 8.17. The van der Waals surface area contributed by atoms with E-state index >= 15 is 0 Å². The van der Waals surface area contributed by atoms with E-state index < -0.39 is 0 Å². The molecule has 3 nitrogen and oxygen atoms in total. The molecule has 52 heavy (non-hydrogen) atoms. The summed E-state index contributed by atoms with van der Waals surface area (Å²) in [5.41, 5.74) is 15.4. The fraction of sp³-hybridized carbons (Fsp3) is 0.0204. The van der Waals surface area contributed by atoms with Gasteiger partial charge in [-0.15, -0.1) is 0 Å². The first-order chi connectivity index (χ1) is 25.7. The smallest absolute Gasteiger partial charge is 0.0687 e. The quantitative estimate of drug-likeness (QED) is 0.109. The summed E-state index contributed by atoms with van der Waals surface area (Å²) in [6, 6.07) is 58.0. The molecule has 1 heterocycles. The van der Waals surface area contributed by atoms with Crippen molar-refractivity contribution in [2.45, 2.75) is 6.04 Å². The highest BCUT2D eigenvalue weighted by Gasteiger charge is 2.18. The molecule has 0 bridgehead atoms. The summed E-state index contributed by atoms with van der Waals surface area (Å²) >= 11 is 0. The Kier molecular flexibility index (Phi) is 7.12. The monoisotopic (exact) mass is 663 g/mol. The van der Waals surface area contributed by atoms with Gasteiger partial charge < -0.3 is 5.73 Å². The van der Waals surface area contributed by atoms with Gasteiger partial charge in [0.15, 0.2) is 0 Å². The third kappa shape index (κ3) is 4.94. The van der Waals surface area contributed by atoms with Crippen LogP contribution in [0.3, 0.4) is 0 Å². The number of fused-ring (bicyclic) bond motifs is 3. The van der Waals surface area contributed by atoms with E-state index in [1.165, 1.54) is 48.7 Å². The lowest BCUT2D eigenvalue weighted by molar-refractivity contribution is 0.881. The minimum Gasteiger partial charge on any atom is -0.320 e. The van der Waals surface area contributed by atoms with E-state index in [-0.39, 0.29) is 6.04 Å². The molecule has 1 atom stereocenters. The van der Waals surface area contributed by atoms with Gasteiger partial charge in [0.05, 0.1) is 11.7 Å². The minimum atomic E-state index is -0.328. The molecule has 0 saturated heterocycles. The summed E-state index contributed by atoms with van der Waals surface area (Å²) in [5.74, 6) is 0. The van der Waals surface area contributed by atoms with E-state index in [1.807, 2.05) is 42.9 Å². The zero-order valence-electron chi connectivity index (χ0n) is 28.4. The number of hydrogen-bond donors (Lipinski definition) is 1. The topological polar surface area (TPSA) is 51.3 Å².